The highest BCUT2D eigenvalue weighted by molar-refractivity contribution is 8.00. The minimum Gasteiger partial charge on any atom is -0.465 e. The number of ether oxygens (including phenoxy) is 1. The molecule has 1 amide bonds. The smallest absolute Gasteiger partial charge is 0.340 e. The predicted octanol–water partition coefficient (Wildman–Crippen LogP) is 3.62. The van der Waals surface area contributed by atoms with E-state index in [1.807, 2.05) is 0 Å². The van der Waals surface area contributed by atoms with Crippen molar-refractivity contribution in [2.75, 3.05) is 18.2 Å². The molecule has 0 aliphatic carbocycles. The van der Waals surface area contributed by atoms with Crippen LogP contribution < -0.4 is 5.32 Å². The number of thioether (sulfide) groups is 1. The lowest BCUT2D eigenvalue weighted by Gasteiger charge is -2.09. The Bertz CT molecular complexity index is 783. The maximum atomic E-state index is 13.7. The van der Waals surface area contributed by atoms with Gasteiger partial charge in [0, 0.05) is 11.0 Å². The second-order valence-electron chi connectivity index (χ2n) is 4.57. The van der Waals surface area contributed by atoms with Crippen molar-refractivity contribution in [2.45, 2.75) is 4.90 Å². The Hall–Kier alpha value is -2.48. The van der Waals surface area contributed by atoms with Crippen molar-refractivity contribution in [3.05, 3.63) is 59.4 Å². The van der Waals surface area contributed by atoms with E-state index < -0.39 is 34.9 Å². The van der Waals surface area contributed by atoms with E-state index in [9.17, 15) is 22.8 Å². The van der Waals surface area contributed by atoms with Crippen molar-refractivity contribution in [3.63, 3.8) is 0 Å². The molecule has 4 nitrogen and oxygen atoms in total. The molecule has 0 aromatic heterocycles. The summed E-state index contributed by atoms with van der Waals surface area (Å²) in [6, 6.07) is 7.21. The van der Waals surface area contributed by atoms with Gasteiger partial charge in [-0.1, -0.05) is 12.1 Å². The van der Waals surface area contributed by atoms with Crippen LogP contribution in [0, 0.1) is 17.5 Å². The summed E-state index contributed by atoms with van der Waals surface area (Å²) in [5.41, 5.74) is -0.869. The maximum Gasteiger partial charge on any atom is 0.340 e. The number of methoxy groups -OCH3 is 1. The topological polar surface area (TPSA) is 55.4 Å². The molecule has 0 spiro atoms. The molecule has 0 radical (unpaired) electrons. The van der Waals surface area contributed by atoms with E-state index >= 15 is 0 Å². The van der Waals surface area contributed by atoms with Crippen LogP contribution in [0.15, 0.2) is 41.3 Å². The number of carbonyl (C=O) groups excluding carboxylic acids is 2. The van der Waals surface area contributed by atoms with Crippen molar-refractivity contribution in [1.82, 2.24) is 0 Å². The Morgan fingerprint density at radius 1 is 1.08 bits per heavy atom. The molecular formula is C16H12F3NO3S. The first kappa shape index (κ1) is 17.9. The number of esters is 1. The number of rotatable bonds is 5. The summed E-state index contributed by atoms with van der Waals surface area (Å²) in [6.45, 7) is 0. The highest BCUT2D eigenvalue weighted by Crippen LogP contribution is 2.23. The first-order chi connectivity index (χ1) is 11.4. The van der Waals surface area contributed by atoms with Gasteiger partial charge >= 0.3 is 5.97 Å². The zero-order valence-electron chi connectivity index (χ0n) is 12.4. The molecule has 2 aromatic carbocycles. The van der Waals surface area contributed by atoms with Gasteiger partial charge in [-0.05, 0) is 18.2 Å². The number of anilines is 1. The van der Waals surface area contributed by atoms with Crippen molar-refractivity contribution in [2.24, 2.45) is 0 Å². The summed E-state index contributed by atoms with van der Waals surface area (Å²) < 4.78 is 45.1. The molecular weight excluding hydrogens is 343 g/mol. The first-order valence-corrected chi connectivity index (χ1v) is 7.65. The van der Waals surface area contributed by atoms with Crippen LogP contribution in [0.5, 0.6) is 0 Å². The largest absolute Gasteiger partial charge is 0.465 e. The van der Waals surface area contributed by atoms with Gasteiger partial charge in [0.1, 0.15) is 17.5 Å². The summed E-state index contributed by atoms with van der Waals surface area (Å²) in [6.07, 6.45) is 0. The zero-order chi connectivity index (χ0) is 17.7. The normalized spacial score (nSPS) is 10.3. The van der Waals surface area contributed by atoms with Crippen molar-refractivity contribution >= 4 is 29.3 Å². The number of halogens is 3. The van der Waals surface area contributed by atoms with Gasteiger partial charge in [-0.25, -0.2) is 18.0 Å². The number of benzene rings is 2. The molecule has 0 aliphatic heterocycles. The second-order valence-corrected chi connectivity index (χ2v) is 5.59. The molecule has 1 N–H and O–H groups in total. The summed E-state index contributed by atoms with van der Waals surface area (Å²) in [4.78, 5) is 23.5. The van der Waals surface area contributed by atoms with Crippen molar-refractivity contribution in [3.8, 4) is 0 Å². The number of carbonyl (C=O) groups is 2. The maximum absolute atomic E-state index is 13.7. The fourth-order valence-corrected chi connectivity index (χ4v) is 2.54. The number of hydrogen-bond acceptors (Lipinski definition) is 4. The molecule has 0 unspecified atom stereocenters. The van der Waals surface area contributed by atoms with Gasteiger partial charge in [0.25, 0.3) is 0 Å². The van der Waals surface area contributed by atoms with Gasteiger partial charge in [-0.3, -0.25) is 4.79 Å². The third kappa shape index (κ3) is 4.29. The third-order valence-corrected chi connectivity index (χ3v) is 3.98. The average Bonchev–Trinajstić information content (AvgIpc) is 2.56. The quantitative estimate of drug-likeness (QED) is 0.657. The molecule has 0 saturated heterocycles. The highest BCUT2D eigenvalue weighted by atomic mass is 32.2. The average molecular weight is 355 g/mol. The standard InChI is InChI=1S/C16H12F3NO3S/c1-23-16(22)9-6-13(12(19)7-11(9)18)20-15(21)8-24-14-5-3-2-4-10(14)17/h2-7H,8H2,1H3,(H,20,21). The first-order valence-electron chi connectivity index (χ1n) is 6.67. The predicted molar refractivity (Wildman–Crippen MR) is 83.5 cm³/mol. The van der Waals surface area contributed by atoms with Crippen LogP contribution in [0.4, 0.5) is 18.9 Å². The van der Waals surface area contributed by atoms with E-state index in [1.54, 1.807) is 6.07 Å². The van der Waals surface area contributed by atoms with Gasteiger partial charge in [0.05, 0.1) is 24.1 Å². The molecule has 2 aromatic rings. The summed E-state index contributed by atoms with van der Waals surface area (Å²) in [5, 5.41) is 2.21. The summed E-state index contributed by atoms with van der Waals surface area (Å²) >= 11 is 0.923. The van der Waals surface area contributed by atoms with Crippen LogP contribution in [-0.2, 0) is 9.53 Å². The van der Waals surface area contributed by atoms with Gasteiger partial charge in [0.2, 0.25) is 5.91 Å². The van der Waals surface area contributed by atoms with E-state index in [4.69, 9.17) is 0 Å². The fourth-order valence-electron chi connectivity index (χ4n) is 1.80. The van der Waals surface area contributed by atoms with Gasteiger partial charge in [0.15, 0.2) is 0 Å². The number of amides is 1. The Morgan fingerprint density at radius 3 is 2.46 bits per heavy atom. The molecule has 24 heavy (non-hydrogen) atoms. The molecule has 0 saturated carbocycles. The van der Waals surface area contributed by atoms with E-state index in [2.05, 4.69) is 10.1 Å². The Kier molecular flexibility index (Phi) is 5.86. The minimum absolute atomic E-state index is 0.189. The van der Waals surface area contributed by atoms with Gasteiger partial charge < -0.3 is 10.1 Å². The molecule has 8 heteroatoms. The van der Waals surface area contributed by atoms with Gasteiger partial charge in [-0.2, -0.15) is 0 Å². The third-order valence-electron chi connectivity index (χ3n) is 2.93. The van der Waals surface area contributed by atoms with Crippen LogP contribution >= 0.6 is 11.8 Å². The SMILES string of the molecule is COC(=O)c1cc(NC(=O)CSc2ccccc2F)c(F)cc1F. The molecule has 0 bridgehead atoms. The second kappa shape index (κ2) is 7.87. The highest BCUT2D eigenvalue weighted by Gasteiger charge is 2.18. The zero-order valence-corrected chi connectivity index (χ0v) is 13.3. The number of hydrogen-bond donors (Lipinski definition) is 1. The van der Waals surface area contributed by atoms with Crippen LogP contribution in [0.25, 0.3) is 0 Å². The molecule has 126 valence electrons. The summed E-state index contributed by atoms with van der Waals surface area (Å²) in [7, 11) is 1.05. The van der Waals surface area contributed by atoms with Crippen LogP contribution in [0.1, 0.15) is 10.4 Å². The molecule has 2 rings (SSSR count). The van der Waals surface area contributed by atoms with Crippen LogP contribution in [-0.4, -0.2) is 24.7 Å². The minimum atomic E-state index is -1.10. The molecule has 0 fully saturated rings. The number of nitrogens with one attached hydrogen (secondary N) is 1. The molecule has 0 heterocycles. The molecule has 0 aliphatic rings. The van der Waals surface area contributed by atoms with E-state index in [0.717, 1.165) is 24.9 Å². The van der Waals surface area contributed by atoms with E-state index in [-0.39, 0.29) is 16.3 Å². The summed E-state index contributed by atoms with van der Waals surface area (Å²) in [5.74, 6) is -4.43. The van der Waals surface area contributed by atoms with Crippen molar-refractivity contribution < 1.29 is 27.5 Å². The lowest BCUT2D eigenvalue weighted by Crippen LogP contribution is -2.16. The lowest BCUT2D eigenvalue weighted by molar-refractivity contribution is -0.113. The van der Waals surface area contributed by atoms with Gasteiger partial charge in [-0.15, -0.1) is 11.8 Å². The van der Waals surface area contributed by atoms with E-state index in [1.165, 1.54) is 18.2 Å². The van der Waals surface area contributed by atoms with Crippen LogP contribution in [0.3, 0.4) is 0 Å². The van der Waals surface area contributed by atoms with E-state index in [0.29, 0.717) is 6.07 Å². The molecule has 0 atom stereocenters. The Balaban J connectivity index is 2.08. The lowest BCUT2D eigenvalue weighted by atomic mass is 10.1. The monoisotopic (exact) mass is 355 g/mol. The van der Waals surface area contributed by atoms with Crippen molar-refractivity contribution in [1.29, 1.82) is 0 Å². The fraction of sp³-hybridized carbons (Fsp3) is 0.125. The Labute approximate surface area is 140 Å². The Morgan fingerprint density at radius 2 is 1.79 bits per heavy atom. The van der Waals surface area contributed by atoms with Crippen LogP contribution in [0.2, 0.25) is 0 Å².